The van der Waals surface area contributed by atoms with Crippen LogP contribution in [0.4, 0.5) is 18.9 Å². The lowest BCUT2D eigenvalue weighted by Gasteiger charge is -2.08. The first-order valence-electron chi connectivity index (χ1n) is 5.22. The van der Waals surface area contributed by atoms with Crippen LogP contribution in [0.25, 0.3) is 0 Å². The zero-order chi connectivity index (χ0) is 14.5. The topological polar surface area (TPSA) is 58.2 Å². The first kappa shape index (κ1) is 14.7. The second kappa shape index (κ2) is 6.03. The van der Waals surface area contributed by atoms with Gasteiger partial charge in [0.05, 0.1) is 5.56 Å². The predicted octanol–water partition coefficient (Wildman–Crippen LogP) is 1.95. The number of nitrogens with one attached hydrogen (secondary N) is 2. The SMILES string of the molecule is C=CCNC(=O)C(=O)Nc1ccc(C(F)(F)F)cc1. The zero-order valence-corrected chi connectivity index (χ0v) is 9.75. The van der Waals surface area contributed by atoms with Crippen molar-refractivity contribution in [2.45, 2.75) is 6.18 Å². The summed E-state index contributed by atoms with van der Waals surface area (Å²) in [5.41, 5.74) is -0.728. The fraction of sp³-hybridized carbons (Fsp3) is 0.167. The lowest BCUT2D eigenvalue weighted by Crippen LogP contribution is -2.35. The number of hydrogen-bond acceptors (Lipinski definition) is 2. The maximum atomic E-state index is 12.3. The van der Waals surface area contributed by atoms with Crippen LogP contribution in [0, 0.1) is 0 Å². The summed E-state index contributed by atoms with van der Waals surface area (Å²) < 4.78 is 36.9. The van der Waals surface area contributed by atoms with Gasteiger partial charge < -0.3 is 10.6 Å². The summed E-state index contributed by atoms with van der Waals surface area (Å²) in [5, 5.41) is 4.42. The van der Waals surface area contributed by atoms with Crippen molar-refractivity contribution in [3.63, 3.8) is 0 Å². The molecule has 7 heteroatoms. The largest absolute Gasteiger partial charge is 0.416 e. The molecule has 0 bridgehead atoms. The molecule has 0 aliphatic rings. The number of benzene rings is 1. The Labute approximate surface area is 107 Å². The standard InChI is InChI=1S/C12H11F3N2O2/c1-2-7-16-10(18)11(19)17-9-5-3-8(4-6-9)12(13,14)15/h2-6H,1,7H2,(H,16,18)(H,17,19). The van der Waals surface area contributed by atoms with Crippen molar-refractivity contribution < 1.29 is 22.8 Å². The molecule has 2 N–H and O–H groups in total. The molecule has 0 aliphatic heterocycles. The normalized spacial score (nSPS) is 10.7. The van der Waals surface area contributed by atoms with Crippen LogP contribution >= 0.6 is 0 Å². The highest BCUT2D eigenvalue weighted by Gasteiger charge is 2.30. The molecule has 4 nitrogen and oxygen atoms in total. The van der Waals surface area contributed by atoms with Gasteiger partial charge in [-0.3, -0.25) is 9.59 Å². The smallest absolute Gasteiger partial charge is 0.344 e. The van der Waals surface area contributed by atoms with Crippen molar-refractivity contribution in [3.05, 3.63) is 42.5 Å². The molecule has 0 fully saturated rings. The van der Waals surface area contributed by atoms with E-state index in [0.717, 1.165) is 24.3 Å². The summed E-state index contributed by atoms with van der Waals surface area (Å²) in [4.78, 5) is 22.5. The molecule has 1 aromatic carbocycles. The molecule has 0 atom stereocenters. The Morgan fingerprint density at radius 2 is 1.74 bits per heavy atom. The van der Waals surface area contributed by atoms with Gasteiger partial charge in [0.1, 0.15) is 0 Å². The van der Waals surface area contributed by atoms with Gasteiger partial charge in [0.15, 0.2) is 0 Å². The van der Waals surface area contributed by atoms with Crippen LogP contribution in [0.1, 0.15) is 5.56 Å². The molecule has 0 heterocycles. The van der Waals surface area contributed by atoms with Crippen LogP contribution in [0.15, 0.2) is 36.9 Å². The maximum absolute atomic E-state index is 12.3. The van der Waals surface area contributed by atoms with E-state index >= 15 is 0 Å². The second-order valence-corrected chi connectivity index (χ2v) is 3.53. The number of halogens is 3. The van der Waals surface area contributed by atoms with Crippen molar-refractivity contribution in [3.8, 4) is 0 Å². The summed E-state index contributed by atoms with van der Waals surface area (Å²) in [6.07, 6.45) is -3.05. The Morgan fingerprint density at radius 3 is 2.21 bits per heavy atom. The summed E-state index contributed by atoms with van der Waals surface area (Å²) in [6.45, 7) is 3.48. The van der Waals surface area contributed by atoms with Gasteiger partial charge in [-0.05, 0) is 24.3 Å². The van der Waals surface area contributed by atoms with Crippen molar-refractivity contribution >= 4 is 17.5 Å². The van der Waals surface area contributed by atoms with Crippen LogP contribution in [-0.4, -0.2) is 18.4 Å². The van der Waals surface area contributed by atoms with Crippen molar-refractivity contribution in [1.29, 1.82) is 0 Å². The van der Waals surface area contributed by atoms with Gasteiger partial charge in [-0.2, -0.15) is 13.2 Å². The third kappa shape index (κ3) is 4.46. The van der Waals surface area contributed by atoms with Gasteiger partial charge in [-0.1, -0.05) is 6.08 Å². The Balaban J connectivity index is 2.65. The molecule has 2 amide bonds. The molecule has 102 valence electrons. The second-order valence-electron chi connectivity index (χ2n) is 3.53. The fourth-order valence-corrected chi connectivity index (χ4v) is 1.18. The number of hydrogen-bond donors (Lipinski definition) is 2. The Bertz CT molecular complexity index is 481. The molecule has 0 saturated carbocycles. The first-order chi connectivity index (χ1) is 8.84. The number of alkyl halides is 3. The highest BCUT2D eigenvalue weighted by molar-refractivity contribution is 6.39. The molecular weight excluding hydrogens is 261 g/mol. The monoisotopic (exact) mass is 272 g/mol. The summed E-state index contributed by atoms with van der Waals surface area (Å²) in [6, 6.07) is 3.78. The number of anilines is 1. The third-order valence-electron chi connectivity index (χ3n) is 2.08. The Morgan fingerprint density at radius 1 is 1.16 bits per heavy atom. The summed E-state index contributed by atoms with van der Waals surface area (Å²) in [7, 11) is 0. The Hall–Kier alpha value is -2.31. The van der Waals surface area contributed by atoms with Crippen LogP contribution in [0.3, 0.4) is 0 Å². The average molecular weight is 272 g/mol. The van der Waals surface area contributed by atoms with E-state index < -0.39 is 23.6 Å². The number of rotatable bonds is 3. The van der Waals surface area contributed by atoms with Crippen LogP contribution in [0.5, 0.6) is 0 Å². The van der Waals surface area contributed by atoms with Gasteiger partial charge in [-0.15, -0.1) is 6.58 Å². The van der Waals surface area contributed by atoms with Crippen LogP contribution in [-0.2, 0) is 15.8 Å². The van der Waals surface area contributed by atoms with Gasteiger partial charge in [0.25, 0.3) is 0 Å². The van der Waals surface area contributed by atoms with E-state index in [0.29, 0.717) is 0 Å². The number of amides is 2. The molecule has 1 aromatic rings. The molecule has 0 unspecified atom stereocenters. The molecule has 1 rings (SSSR count). The van der Waals surface area contributed by atoms with Crippen LogP contribution < -0.4 is 10.6 Å². The van der Waals surface area contributed by atoms with Crippen LogP contribution in [0.2, 0.25) is 0 Å². The van der Waals surface area contributed by atoms with E-state index in [2.05, 4.69) is 17.2 Å². The van der Waals surface area contributed by atoms with E-state index in [-0.39, 0.29) is 12.2 Å². The molecule has 0 saturated heterocycles. The van der Waals surface area contributed by atoms with Crippen molar-refractivity contribution in [2.75, 3.05) is 11.9 Å². The van der Waals surface area contributed by atoms with E-state index in [1.807, 2.05) is 0 Å². The minimum Gasteiger partial charge on any atom is -0.344 e. The van der Waals surface area contributed by atoms with Gasteiger partial charge in [0.2, 0.25) is 0 Å². The maximum Gasteiger partial charge on any atom is 0.416 e. The van der Waals surface area contributed by atoms with E-state index in [1.165, 1.54) is 6.08 Å². The minimum atomic E-state index is -4.44. The summed E-state index contributed by atoms with van der Waals surface area (Å²) in [5.74, 6) is -1.85. The molecule has 19 heavy (non-hydrogen) atoms. The van der Waals surface area contributed by atoms with Crippen molar-refractivity contribution in [1.82, 2.24) is 5.32 Å². The van der Waals surface area contributed by atoms with E-state index in [1.54, 1.807) is 0 Å². The summed E-state index contributed by atoms with van der Waals surface area (Å²) >= 11 is 0. The van der Waals surface area contributed by atoms with Gasteiger partial charge in [-0.25, -0.2) is 0 Å². The highest BCUT2D eigenvalue weighted by atomic mass is 19.4. The average Bonchev–Trinajstić information content (AvgIpc) is 2.35. The Kier molecular flexibility index (Phi) is 4.68. The third-order valence-corrected chi connectivity index (χ3v) is 2.08. The lowest BCUT2D eigenvalue weighted by atomic mass is 10.2. The van der Waals surface area contributed by atoms with Crippen molar-refractivity contribution in [2.24, 2.45) is 0 Å². The van der Waals surface area contributed by atoms with E-state index in [9.17, 15) is 22.8 Å². The number of carbonyl (C=O) groups is 2. The molecule has 0 radical (unpaired) electrons. The molecule has 0 aromatic heterocycles. The fourth-order valence-electron chi connectivity index (χ4n) is 1.18. The minimum absolute atomic E-state index is 0.103. The highest BCUT2D eigenvalue weighted by Crippen LogP contribution is 2.29. The quantitative estimate of drug-likeness (QED) is 0.652. The van der Waals surface area contributed by atoms with Gasteiger partial charge >= 0.3 is 18.0 Å². The zero-order valence-electron chi connectivity index (χ0n) is 9.75. The first-order valence-corrected chi connectivity index (χ1v) is 5.22. The molecular formula is C12H11F3N2O2. The molecule has 0 aliphatic carbocycles. The molecule has 0 spiro atoms. The predicted molar refractivity (Wildman–Crippen MR) is 63.3 cm³/mol. The van der Waals surface area contributed by atoms with E-state index in [4.69, 9.17) is 0 Å². The lowest BCUT2D eigenvalue weighted by molar-refractivity contribution is -0.137. The van der Waals surface area contributed by atoms with Gasteiger partial charge in [0, 0.05) is 12.2 Å². The number of carbonyl (C=O) groups excluding carboxylic acids is 2.